The Kier molecular flexibility index (Phi) is 7.78. The molecule has 0 saturated carbocycles. The van der Waals surface area contributed by atoms with E-state index in [9.17, 15) is 9.59 Å². The number of carbonyl (C=O) groups is 2. The molecule has 7 heteroatoms. The summed E-state index contributed by atoms with van der Waals surface area (Å²) in [7, 11) is 0. The van der Waals surface area contributed by atoms with Gasteiger partial charge in [-0.3, -0.25) is 4.79 Å². The van der Waals surface area contributed by atoms with Gasteiger partial charge in [-0.25, -0.2) is 9.68 Å². The van der Waals surface area contributed by atoms with E-state index < -0.39 is 12.0 Å². The molecule has 1 rings (SSSR count). The molecule has 1 aromatic rings. The maximum absolute atomic E-state index is 11.3. The number of carboxylic acid groups (broad SMARTS) is 1. The average molecular weight is 282 g/mol. The van der Waals surface area contributed by atoms with Gasteiger partial charge < -0.3 is 10.4 Å². The predicted octanol–water partition coefficient (Wildman–Crippen LogP) is 2.32. The molecule has 0 radical (unpaired) electrons. The maximum Gasteiger partial charge on any atom is 0.345 e. The summed E-state index contributed by atoms with van der Waals surface area (Å²) in [6.07, 6.45) is 2.14. The van der Waals surface area contributed by atoms with E-state index in [0.29, 0.717) is 18.5 Å². The lowest BCUT2D eigenvalue weighted by Gasteiger charge is -2.06. The predicted molar refractivity (Wildman–Crippen MR) is 71.7 cm³/mol. The molecule has 0 aliphatic heterocycles. The number of hydrogen-bond donors (Lipinski definition) is 3. The first-order chi connectivity index (χ1) is 9.68. The maximum atomic E-state index is 11.3. The first-order valence-electron chi connectivity index (χ1n) is 6.31. The topological polar surface area (TPSA) is 96.9 Å². The highest BCUT2D eigenvalue weighted by atomic mass is 17.3. The van der Waals surface area contributed by atoms with Crippen LogP contribution in [0.25, 0.3) is 0 Å². The van der Waals surface area contributed by atoms with E-state index in [0.717, 1.165) is 6.42 Å². The molecule has 1 aromatic carbocycles. The number of hydrogen-bond acceptors (Lipinski definition) is 4. The molecule has 0 bridgehead atoms. The van der Waals surface area contributed by atoms with Crippen molar-refractivity contribution in [1.29, 1.82) is 0 Å². The van der Waals surface area contributed by atoms with Crippen LogP contribution in [0.15, 0.2) is 30.3 Å². The van der Waals surface area contributed by atoms with Crippen molar-refractivity contribution < 1.29 is 24.6 Å². The molecule has 0 fully saturated rings. The summed E-state index contributed by atoms with van der Waals surface area (Å²) < 4.78 is 0. The second kappa shape index (κ2) is 9.76. The van der Waals surface area contributed by atoms with Crippen LogP contribution in [0.1, 0.15) is 25.7 Å². The summed E-state index contributed by atoms with van der Waals surface area (Å²) >= 11 is 0. The van der Waals surface area contributed by atoms with Crippen LogP contribution in [0.5, 0.6) is 0 Å². The highest BCUT2D eigenvalue weighted by Gasteiger charge is 2.01. The van der Waals surface area contributed by atoms with Gasteiger partial charge >= 0.3 is 12.0 Å². The van der Waals surface area contributed by atoms with Crippen LogP contribution in [-0.2, 0) is 14.7 Å². The van der Waals surface area contributed by atoms with Crippen molar-refractivity contribution in [3.63, 3.8) is 0 Å². The molecule has 0 aliphatic carbocycles. The second-order valence-corrected chi connectivity index (χ2v) is 4.03. The van der Waals surface area contributed by atoms with Crippen LogP contribution >= 0.6 is 0 Å². The molecule has 0 aliphatic rings. The van der Waals surface area contributed by atoms with Gasteiger partial charge in [0.25, 0.3) is 0 Å². The number of urea groups is 1. The summed E-state index contributed by atoms with van der Waals surface area (Å²) in [6, 6.07) is 8.37. The van der Waals surface area contributed by atoms with Crippen molar-refractivity contribution in [1.82, 2.24) is 5.48 Å². The third kappa shape index (κ3) is 8.06. The number of hydroxylamine groups is 1. The fourth-order valence-electron chi connectivity index (χ4n) is 1.40. The van der Waals surface area contributed by atoms with Crippen LogP contribution in [0.3, 0.4) is 0 Å². The lowest BCUT2D eigenvalue weighted by Crippen LogP contribution is -2.29. The minimum Gasteiger partial charge on any atom is -0.481 e. The summed E-state index contributed by atoms with van der Waals surface area (Å²) in [5.41, 5.74) is 2.71. The van der Waals surface area contributed by atoms with Crippen molar-refractivity contribution in [2.75, 3.05) is 11.9 Å². The van der Waals surface area contributed by atoms with E-state index >= 15 is 0 Å². The third-order valence-electron chi connectivity index (χ3n) is 2.34. The van der Waals surface area contributed by atoms with Crippen molar-refractivity contribution in [2.24, 2.45) is 0 Å². The van der Waals surface area contributed by atoms with E-state index in [2.05, 4.69) is 15.8 Å². The molecule has 7 nitrogen and oxygen atoms in total. The number of benzene rings is 1. The van der Waals surface area contributed by atoms with E-state index in [4.69, 9.17) is 9.99 Å². The molecular formula is C13H18N2O5. The van der Waals surface area contributed by atoms with Gasteiger partial charge in [-0.2, -0.15) is 5.48 Å². The van der Waals surface area contributed by atoms with Crippen LogP contribution in [0.2, 0.25) is 0 Å². The monoisotopic (exact) mass is 282 g/mol. The minimum absolute atomic E-state index is 0.151. The molecule has 3 N–H and O–H groups in total. The molecule has 0 saturated heterocycles. The zero-order valence-corrected chi connectivity index (χ0v) is 11.0. The molecule has 0 atom stereocenters. The van der Waals surface area contributed by atoms with Gasteiger partial charge in [0.15, 0.2) is 0 Å². The van der Waals surface area contributed by atoms with Crippen molar-refractivity contribution in [2.45, 2.75) is 25.7 Å². The molecule has 110 valence electrons. The normalized spacial score (nSPS) is 10.0. The molecule has 0 aromatic heterocycles. The Morgan fingerprint density at radius 2 is 1.85 bits per heavy atom. The Hall–Kier alpha value is -2.12. The van der Waals surface area contributed by atoms with Crippen LogP contribution in [0, 0.1) is 0 Å². The van der Waals surface area contributed by atoms with Gasteiger partial charge in [-0.05, 0) is 25.0 Å². The van der Waals surface area contributed by atoms with Crippen LogP contribution in [-0.4, -0.2) is 23.7 Å². The Labute approximate surface area is 116 Å². The fraction of sp³-hybridized carbons (Fsp3) is 0.385. The quantitative estimate of drug-likeness (QED) is 0.367. The van der Waals surface area contributed by atoms with E-state index in [1.807, 2.05) is 6.07 Å². The number of para-hydroxylation sites is 1. The standard InChI is InChI=1S/C13H18N2O5/c16-12(17)9-5-2-6-10-19-20-15-13(18)14-11-7-3-1-4-8-11/h1,3-4,7-8H,2,5-6,9-10H2,(H,16,17)(H2,14,15,18). The molecule has 0 spiro atoms. The summed E-state index contributed by atoms with van der Waals surface area (Å²) in [5.74, 6) is -0.804. The van der Waals surface area contributed by atoms with Crippen molar-refractivity contribution in [3.8, 4) is 0 Å². The first-order valence-corrected chi connectivity index (χ1v) is 6.31. The van der Waals surface area contributed by atoms with Gasteiger partial charge in [-0.1, -0.05) is 24.6 Å². The Morgan fingerprint density at radius 3 is 2.55 bits per heavy atom. The third-order valence-corrected chi connectivity index (χ3v) is 2.34. The number of unbranched alkanes of at least 4 members (excludes halogenated alkanes) is 2. The molecule has 2 amide bonds. The van der Waals surface area contributed by atoms with Crippen molar-refractivity contribution >= 4 is 17.7 Å². The SMILES string of the molecule is O=C(O)CCCCCOONC(=O)Nc1ccccc1. The highest BCUT2D eigenvalue weighted by molar-refractivity contribution is 5.88. The summed E-state index contributed by atoms with van der Waals surface area (Å²) in [4.78, 5) is 30.8. The van der Waals surface area contributed by atoms with E-state index in [1.54, 1.807) is 24.3 Å². The minimum atomic E-state index is -0.804. The van der Waals surface area contributed by atoms with Gasteiger partial charge in [0, 0.05) is 12.1 Å². The Balaban J connectivity index is 1.96. The number of rotatable bonds is 9. The Bertz CT molecular complexity index is 410. The highest BCUT2D eigenvalue weighted by Crippen LogP contribution is 2.04. The van der Waals surface area contributed by atoms with Gasteiger partial charge in [0.1, 0.15) is 0 Å². The van der Waals surface area contributed by atoms with Gasteiger partial charge in [0.05, 0.1) is 6.61 Å². The molecule has 0 heterocycles. The average Bonchev–Trinajstić information content (AvgIpc) is 2.42. The molecule has 20 heavy (non-hydrogen) atoms. The summed E-state index contributed by atoms with van der Waals surface area (Å²) in [5, 5.41) is 11.0. The lowest BCUT2D eigenvalue weighted by atomic mass is 10.2. The zero-order valence-electron chi connectivity index (χ0n) is 11.0. The van der Waals surface area contributed by atoms with Crippen LogP contribution < -0.4 is 10.8 Å². The van der Waals surface area contributed by atoms with E-state index in [1.165, 1.54) is 0 Å². The second-order valence-electron chi connectivity index (χ2n) is 4.03. The molecular weight excluding hydrogens is 264 g/mol. The zero-order chi connectivity index (χ0) is 14.6. The number of carbonyl (C=O) groups excluding carboxylic acids is 1. The van der Waals surface area contributed by atoms with Crippen LogP contribution in [0.4, 0.5) is 10.5 Å². The van der Waals surface area contributed by atoms with Gasteiger partial charge in [-0.15, -0.1) is 4.99 Å². The van der Waals surface area contributed by atoms with Crippen molar-refractivity contribution in [3.05, 3.63) is 30.3 Å². The fourth-order valence-corrected chi connectivity index (χ4v) is 1.40. The largest absolute Gasteiger partial charge is 0.481 e. The number of carboxylic acids is 1. The number of aliphatic carboxylic acids is 1. The first kappa shape index (κ1) is 15.9. The summed E-state index contributed by atoms with van der Waals surface area (Å²) in [6.45, 7) is 0.283. The lowest BCUT2D eigenvalue weighted by molar-refractivity contribution is -0.323. The van der Waals surface area contributed by atoms with Gasteiger partial charge in [0.2, 0.25) is 0 Å². The number of anilines is 1. The molecule has 0 unspecified atom stereocenters. The Morgan fingerprint density at radius 1 is 1.10 bits per heavy atom. The smallest absolute Gasteiger partial charge is 0.345 e. The number of nitrogens with one attached hydrogen (secondary N) is 2. The van der Waals surface area contributed by atoms with E-state index in [-0.39, 0.29) is 13.0 Å². The number of amides is 2.